The molecule has 5 heteroatoms. The van der Waals surface area contributed by atoms with Crippen LogP contribution in [-0.4, -0.2) is 19.1 Å². The summed E-state index contributed by atoms with van der Waals surface area (Å²) in [5.41, 5.74) is 1.25. The van der Waals surface area contributed by atoms with Crippen LogP contribution in [0.5, 0.6) is 5.75 Å². The minimum Gasteiger partial charge on any atom is -0.493 e. The first-order valence-electron chi connectivity index (χ1n) is 7.06. The van der Waals surface area contributed by atoms with E-state index >= 15 is 0 Å². The van der Waals surface area contributed by atoms with Gasteiger partial charge in [-0.05, 0) is 17.7 Å². The van der Waals surface area contributed by atoms with Gasteiger partial charge in [-0.1, -0.05) is 24.3 Å². The number of carbonyl (C=O) groups excluding carboxylic acids is 1. The Balaban J connectivity index is 1.57. The summed E-state index contributed by atoms with van der Waals surface area (Å²) in [6.45, 7) is 0.948. The maximum absolute atomic E-state index is 13.5. The number of carbonyl (C=O) groups is 1. The summed E-state index contributed by atoms with van der Waals surface area (Å²) < 4.78 is 31.9. The Morgan fingerprint density at radius 1 is 1.23 bits per heavy atom. The predicted molar refractivity (Wildman–Crippen MR) is 77.7 cm³/mol. The maximum Gasteiger partial charge on any atom is 0.224 e. The van der Waals surface area contributed by atoms with Crippen molar-refractivity contribution in [1.29, 1.82) is 0 Å². The minimum absolute atomic E-state index is 0.0956. The van der Waals surface area contributed by atoms with Crippen molar-refractivity contribution in [3.63, 3.8) is 0 Å². The highest BCUT2D eigenvalue weighted by Gasteiger charge is 2.23. The molecule has 0 aromatic heterocycles. The average Bonchev–Trinajstić information content (AvgIpc) is 2.91. The van der Waals surface area contributed by atoms with Gasteiger partial charge in [-0.25, -0.2) is 8.78 Å². The topological polar surface area (TPSA) is 38.3 Å². The number of amides is 1. The van der Waals surface area contributed by atoms with E-state index in [2.05, 4.69) is 5.32 Å². The molecule has 114 valence electrons. The molecule has 2 aromatic carbocycles. The van der Waals surface area contributed by atoms with Crippen molar-refractivity contribution in [2.24, 2.45) is 0 Å². The second-order valence-electron chi connectivity index (χ2n) is 5.26. The van der Waals surface area contributed by atoms with Crippen LogP contribution in [0, 0.1) is 11.6 Å². The Morgan fingerprint density at radius 3 is 2.86 bits per heavy atom. The van der Waals surface area contributed by atoms with Crippen LogP contribution in [0.15, 0.2) is 42.5 Å². The van der Waals surface area contributed by atoms with Gasteiger partial charge in [0, 0.05) is 24.1 Å². The molecule has 2 aromatic rings. The van der Waals surface area contributed by atoms with E-state index < -0.39 is 11.6 Å². The van der Waals surface area contributed by atoms with Crippen LogP contribution in [0.25, 0.3) is 0 Å². The van der Waals surface area contributed by atoms with E-state index in [0.29, 0.717) is 13.2 Å². The first-order valence-corrected chi connectivity index (χ1v) is 7.06. The summed E-state index contributed by atoms with van der Waals surface area (Å²) in [7, 11) is 0. The third-order valence-corrected chi connectivity index (χ3v) is 3.71. The number of benzene rings is 2. The quantitative estimate of drug-likeness (QED) is 0.943. The molecule has 0 aliphatic carbocycles. The lowest BCUT2D eigenvalue weighted by atomic mass is 10.0. The minimum atomic E-state index is -0.704. The van der Waals surface area contributed by atoms with Crippen LogP contribution < -0.4 is 10.1 Å². The van der Waals surface area contributed by atoms with E-state index in [4.69, 9.17) is 4.74 Å². The highest BCUT2D eigenvalue weighted by Crippen LogP contribution is 2.32. The van der Waals surface area contributed by atoms with Gasteiger partial charge in [0.15, 0.2) is 0 Å². The molecule has 0 saturated heterocycles. The van der Waals surface area contributed by atoms with E-state index in [1.807, 2.05) is 24.3 Å². The van der Waals surface area contributed by atoms with Gasteiger partial charge in [0.05, 0.1) is 13.0 Å². The first kappa shape index (κ1) is 14.5. The van der Waals surface area contributed by atoms with Gasteiger partial charge in [0.2, 0.25) is 5.91 Å². The molecule has 1 unspecified atom stereocenters. The molecular formula is C17H15F2NO2. The van der Waals surface area contributed by atoms with Crippen LogP contribution in [0.3, 0.4) is 0 Å². The standard InChI is InChI=1S/C17H15F2NO2/c18-13-6-5-11(15(19)8-13)7-17(21)20-9-12-10-22-16-4-2-1-3-14(12)16/h1-6,8,12H,7,9-10H2,(H,20,21). The molecule has 1 heterocycles. The Morgan fingerprint density at radius 2 is 2.05 bits per heavy atom. The van der Waals surface area contributed by atoms with Gasteiger partial charge < -0.3 is 10.1 Å². The molecule has 0 saturated carbocycles. The highest BCUT2D eigenvalue weighted by molar-refractivity contribution is 5.78. The average molecular weight is 303 g/mol. The maximum atomic E-state index is 13.5. The number of hydrogen-bond acceptors (Lipinski definition) is 2. The monoisotopic (exact) mass is 303 g/mol. The molecule has 1 aliphatic rings. The smallest absolute Gasteiger partial charge is 0.224 e. The number of fused-ring (bicyclic) bond motifs is 1. The number of halogens is 2. The largest absolute Gasteiger partial charge is 0.493 e. The summed E-state index contributed by atoms with van der Waals surface area (Å²) in [4.78, 5) is 11.9. The van der Waals surface area contributed by atoms with E-state index in [1.165, 1.54) is 6.07 Å². The van der Waals surface area contributed by atoms with Crippen molar-refractivity contribution in [2.45, 2.75) is 12.3 Å². The van der Waals surface area contributed by atoms with Crippen molar-refractivity contribution < 1.29 is 18.3 Å². The summed E-state index contributed by atoms with van der Waals surface area (Å²) in [6.07, 6.45) is -0.110. The van der Waals surface area contributed by atoms with E-state index in [-0.39, 0.29) is 23.8 Å². The number of rotatable bonds is 4. The Kier molecular flexibility index (Phi) is 4.04. The summed E-state index contributed by atoms with van der Waals surface area (Å²) in [6, 6.07) is 10.9. The molecule has 1 amide bonds. The molecule has 3 rings (SSSR count). The highest BCUT2D eigenvalue weighted by atomic mass is 19.1. The van der Waals surface area contributed by atoms with Crippen LogP contribution in [0.4, 0.5) is 8.78 Å². The van der Waals surface area contributed by atoms with Crippen molar-refractivity contribution in [1.82, 2.24) is 5.32 Å². The lowest BCUT2D eigenvalue weighted by Gasteiger charge is -2.11. The van der Waals surface area contributed by atoms with Gasteiger partial charge in [0.1, 0.15) is 17.4 Å². The number of para-hydroxylation sites is 1. The van der Waals surface area contributed by atoms with E-state index in [0.717, 1.165) is 23.4 Å². The van der Waals surface area contributed by atoms with Crippen molar-refractivity contribution >= 4 is 5.91 Å². The zero-order valence-corrected chi connectivity index (χ0v) is 11.8. The van der Waals surface area contributed by atoms with Crippen LogP contribution in [0.2, 0.25) is 0 Å². The van der Waals surface area contributed by atoms with Gasteiger partial charge in [0.25, 0.3) is 0 Å². The number of ether oxygens (including phenoxy) is 1. The van der Waals surface area contributed by atoms with E-state index in [9.17, 15) is 13.6 Å². The SMILES string of the molecule is O=C(Cc1ccc(F)cc1F)NCC1COc2ccccc21. The third kappa shape index (κ3) is 3.08. The normalized spacial score (nSPS) is 16.0. The molecule has 0 fully saturated rings. The zero-order valence-electron chi connectivity index (χ0n) is 11.8. The molecule has 0 radical (unpaired) electrons. The molecule has 1 atom stereocenters. The Labute approximate surface area is 126 Å². The fourth-order valence-corrected chi connectivity index (χ4v) is 2.54. The fraction of sp³-hybridized carbons (Fsp3) is 0.235. The Hall–Kier alpha value is -2.43. The van der Waals surface area contributed by atoms with Crippen LogP contribution in [0.1, 0.15) is 17.0 Å². The predicted octanol–water partition coefficient (Wildman–Crippen LogP) is 2.80. The first-order chi connectivity index (χ1) is 10.6. The molecular weight excluding hydrogens is 288 g/mol. The summed E-state index contributed by atoms with van der Waals surface area (Å²) >= 11 is 0. The molecule has 0 bridgehead atoms. The van der Waals surface area contributed by atoms with Crippen molar-refractivity contribution in [3.05, 3.63) is 65.2 Å². The van der Waals surface area contributed by atoms with E-state index in [1.54, 1.807) is 0 Å². The second kappa shape index (κ2) is 6.13. The zero-order chi connectivity index (χ0) is 15.5. The van der Waals surface area contributed by atoms with Gasteiger partial charge in [-0.15, -0.1) is 0 Å². The van der Waals surface area contributed by atoms with Crippen LogP contribution >= 0.6 is 0 Å². The van der Waals surface area contributed by atoms with Crippen molar-refractivity contribution in [2.75, 3.05) is 13.2 Å². The number of nitrogens with one attached hydrogen (secondary N) is 1. The molecule has 3 nitrogen and oxygen atoms in total. The lowest BCUT2D eigenvalue weighted by molar-refractivity contribution is -0.120. The van der Waals surface area contributed by atoms with Gasteiger partial charge in [-0.2, -0.15) is 0 Å². The lowest BCUT2D eigenvalue weighted by Crippen LogP contribution is -2.30. The summed E-state index contributed by atoms with van der Waals surface area (Å²) in [5.74, 6) is -0.717. The third-order valence-electron chi connectivity index (χ3n) is 3.71. The molecule has 1 N–H and O–H groups in total. The molecule has 22 heavy (non-hydrogen) atoms. The fourth-order valence-electron chi connectivity index (χ4n) is 2.54. The Bertz CT molecular complexity index is 703. The van der Waals surface area contributed by atoms with Gasteiger partial charge >= 0.3 is 0 Å². The van der Waals surface area contributed by atoms with Crippen LogP contribution in [-0.2, 0) is 11.2 Å². The van der Waals surface area contributed by atoms with Gasteiger partial charge in [-0.3, -0.25) is 4.79 Å². The summed E-state index contributed by atoms with van der Waals surface area (Å²) in [5, 5.41) is 2.78. The molecule has 0 spiro atoms. The second-order valence-corrected chi connectivity index (χ2v) is 5.26. The molecule has 1 aliphatic heterocycles. The van der Waals surface area contributed by atoms with Crippen molar-refractivity contribution in [3.8, 4) is 5.75 Å². The number of hydrogen-bond donors (Lipinski definition) is 1.